The number of aryl methyl sites for hydroxylation is 2. The molecule has 1 atom stereocenters. The van der Waals surface area contributed by atoms with Gasteiger partial charge in [0.1, 0.15) is 5.82 Å². The highest BCUT2D eigenvalue weighted by Gasteiger charge is 2.28. The van der Waals surface area contributed by atoms with Crippen LogP contribution in [-0.2, 0) is 4.79 Å². The number of halogens is 3. The van der Waals surface area contributed by atoms with E-state index in [1.54, 1.807) is 18.3 Å². The number of anilines is 1. The standard InChI is InChI=1S/C28H26FN3O.2ClH/c1-18-17-31-19(2)15-24(18)23-14-13-22(16-25(23)29)32-28(33)27(30)26(20-9-5-3-6-10-20)21-11-7-4-8-12-21;;/h3-17,26-27H,30H2,1-2H3,(H,32,33);2*1H/t27-;;/m0../s1. The van der Waals surface area contributed by atoms with Gasteiger partial charge < -0.3 is 11.1 Å². The Kier molecular flexibility index (Phi) is 9.96. The summed E-state index contributed by atoms with van der Waals surface area (Å²) in [4.78, 5) is 17.3. The van der Waals surface area contributed by atoms with Crippen LogP contribution in [0.25, 0.3) is 11.1 Å². The molecule has 182 valence electrons. The molecule has 3 aromatic carbocycles. The van der Waals surface area contributed by atoms with Crippen molar-refractivity contribution in [2.24, 2.45) is 5.73 Å². The molecule has 1 aromatic heterocycles. The Morgan fingerprint density at radius 2 is 1.43 bits per heavy atom. The molecule has 0 aliphatic rings. The predicted octanol–water partition coefficient (Wildman–Crippen LogP) is 6.45. The van der Waals surface area contributed by atoms with Crippen molar-refractivity contribution >= 4 is 36.4 Å². The molecular formula is C28H28Cl2FN3O. The zero-order valence-corrected chi connectivity index (χ0v) is 21.1. The molecule has 1 amide bonds. The van der Waals surface area contributed by atoms with Crippen molar-refractivity contribution in [3.63, 3.8) is 0 Å². The van der Waals surface area contributed by atoms with E-state index in [1.807, 2.05) is 80.6 Å². The average molecular weight is 512 g/mol. The smallest absolute Gasteiger partial charge is 0.242 e. The minimum Gasteiger partial charge on any atom is -0.325 e. The Balaban J connectivity index is 0.00000216. The van der Waals surface area contributed by atoms with Crippen molar-refractivity contribution in [2.45, 2.75) is 25.8 Å². The highest BCUT2D eigenvalue weighted by molar-refractivity contribution is 5.96. The number of rotatable bonds is 6. The molecule has 0 saturated heterocycles. The van der Waals surface area contributed by atoms with Gasteiger partial charge in [0.15, 0.2) is 0 Å². The van der Waals surface area contributed by atoms with Gasteiger partial charge in [-0.3, -0.25) is 9.78 Å². The third kappa shape index (κ3) is 6.45. The van der Waals surface area contributed by atoms with Crippen LogP contribution < -0.4 is 11.1 Å². The van der Waals surface area contributed by atoms with E-state index in [0.29, 0.717) is 11.3 Å². The number of hydrogen-bond donors (Lipinski definition) is 2. The van der Waals surface area contributed by atoms with Crippen molar-refractivity contribution < 1.29 is 9.18 Å². The number of aromatic nitrogens is 1. The van der Waals surface area contributed by atoms with E-state index in [4.69, 9.17) is 5.73 Å². The largest absolute Gasteiger partial charge is 0.325 e. The number of amides is 1. The summed E-state index contributed by atoms with van der Waals surface area (Å²) in [6.45, 7) is 3.76. The summed E-state index contributed by atoms with van der Waals surface area (Å²) in [5.74, 6) is -1.13. The fraction of sp³-hybridized carbons (Fsp3) is 0.143. The monoisotopic (exact) mass is 511 g/mol. The Bertz CT molecular complexity index is 1230. The number of pyridine rings is 1. The van der Waals surface area contributed by atoms with Crippen LogP contribution in [0.3, 0.4) is 0 Å². The number of nitrogens with one attached hydrogen (secondary N) is 1. The van der Waals surface area contributed by atoms with Gasteiger partial charge in [-0.15, -0.1) is 24.8 Å². The summed E-state index contributed by atoms with van der Waals surface area (Å²) in [7, 11) is 0. The second kappa shape index (κ2) is 12.5. The van der Waals surface area contributed by atoms with Gasteiger partial charge in [0.2, 0.25) is 5.91 Å². The molecule has 0 aliphatic heterocycles. The Labute approximate surface area is 217 Å². The van der Waals surface area contributed by atoms with Gasteiger partial charge in [-0.25, -0.2) is 4.39 Å². The highest BCUT2D eigenvalue weighted by Crippen LogP contribution is 2.30. The third-order valence-corrected chi connectivity index (χ3v) is 5.75. The van der Waals surface area contributed by atoms with Crippen molar-refractivity contribution in [2.75, 3.05) is 5.32 Å². The van der Waals surface area contributed by atoms with Gasteiger partial charge in [-0.1, -0.05) is 60.7 Å². The number of nitrogens with two attached hydrogens (primary N) is 1. The molecule has 4 rings (SSSR count). The molecule has 0 radical (unpaired) electrons. The normalized spacial score (nSPS) is 11.2. The molecule has 4 aromatic rings. The predicted molar refractivity (Wildman–Crippen MR) is 145 cm³/mol. The first-order valence-electron chi connectivity index (χ1n) is 10.8. The molecule has 0 spiro atoms. The lowest BCUT2D eigenvalue weighted by molar-refractivity contribution is -0.117. The second-order valence-electron chi connectivity index (χ2n) is 8.15. The number of hydrogen-bond acceptors (Lipinski definition) is 3. The van der Waals surface area contributed by atoms with Crippen LogP contribution in [0.2, 0.25) is 0 Å². The minimum atomic E-state index is -0.859. The van der Waals surface area contributed by atoms with Crippen molar-refractivity contribution in [1.29, 1.82) is 0 Å². The fourth-order valence-electron chi connectivity index (χ4n) is 4.03. The van der Waals surface area contributed by atoms with Gasteiger partial charge >= 0.3 is 0 Å². The average Bonchev–Trinajstić information content (AvgIpc) is 2.82. The molecule has 3 N–H and O–H groups in total. The summed E-state index contributed by atoms with van der Waals surface area (Å²) in [5, 5.41) is 2.79. The molecule has 1 heterocycles. The number of nitrogens with zero attached hydrogens (tertiary/aromatic N) is 1. The van der Waals surface area contributed by atoms with E-state index < -0.39 is 11.9 Å². The van der Waals surface area contributed by atoms with E-state index in [9.17, 15) is 9.18 Å². The molecule has 0 fully saturated rings. The van der Waals surface area contributed by atoms with E-state index in [1.165, 1.54) is 6.07 Å². The molecule has 0 bridgehead atoms. The molecular weight excluding hydrogens is 484 g/mol. The van der Waals surface area contributed by atoms with Crippen LogP contribution >= 0.6 is 24.8 Å². The highest BCUT2D eigenvalue weighted by atomic mass is 35.5. The first-order chi connectivity index (χ1) is 15.9. The lowest BCUT2D eigenvalue weighted by atomic mass is 9.85. The van der Waals surface area contributed by atoms with Crippen molar-refractivity contribution in [3.8, 4) is 11.1 Å². The summed E-state index contributed by atoms with van der Waals surface area (Å²) in [6.07, 6.45) is 1.73. The third-order valence-electron chi connectivity index (χ3n) is 5.75. The lowest BCUT2D eigenvalue weighted by Gasteiger charge is -2.24. The molecule has 35 heavy (non-hydrogen) atoms. The lowest BCUT2D eigenvalue weighted by Crippen LogP contribution is -2.41. The van der Waals surface area contributed by atoms with Gasteiger partial charge in [0.25, 0.3) is 0 Å². The number of benzene rings is 3. The summed E-state index contributed by atoms with van der Waals surface area (Å²) >= 11 is 0. The van der Waals surface area contributed by atoms with Gasteiger partial charge in [-0.05, 0) is 60.4 Å². The van der Waals surface area contributed by atoms with E-state index in [2.05, 4.69) is 10.3 Å². The minimum absolute atomic E-state index is 0. The van der Waals surface area contributed by atoms with Crippen LogP contribution in [-0.4, -0.2) is 16.9 Å². The first-order valence-corrected chi connectivity index (χ1v) is 10.8. The fourth-order valence-corrected chi connectivity index (χ4v) is 4.03. The van der Waals surface area contributed by atoms with E-state index in [-0.39, 0.29) is 36.6 Å². The zero-order chi connectivity index (χ0) is 23.4. The van der Waals surface area contributed by atoms with Crippen LogP contribution in [0.4, 0.5) is 10.1 Å². The van der Waals surface area contributed by atoms with Gasteiger partial charge in [0.05, 0.1) is 6.04 Å². The zero-order valence-electron chi connectivity index (χ0n) is 19.4. The molecule has 4 nitrogen and oxygen atoms in total. The van der Waals surface area contributed by atoms with Crippen molar-refractivity contribution in [3.05, 3.63) is 119 Å². The van der Waals surface area contributed by atoms with Crippen LogP contribution in [0.15, 0.2) is 91.1 Å². The maximum absolute atomic E-state index is 15.0. The summed E-state index contributed by atoms with van der Waals surface area (Å²) in [5.41, 5.74) is 11.6. The summed E-state index contributed by atoms with van der Waals surface area (Å²) < 4.78 is 15.0. The molecule has 0 aliphatic carbocycles. The van der Waals surface area contributed by atoms with Crippen molar-refractivity contribution in [1.82, 2.24) is 4.98 Å². The van der Waals surface area contributed by atoms with Gasteiger partial charge in [-0.2, -0.15) is 0 Å². The maximum Gasteiger partial charge on any atom is 0.242 e. The van der Waals surface area contributed by atoms with Gasteiger partial charge in [0, 0.05) is 29.1 Å². The molecule has 7 heteroatoms. The molecule has 0 saturated carbocycles. The number of carbonyl (C=O) groups is 1. The van der Waals surface area contributed by atoms with Crippen LogP contribution in [0.5, 0.6) is 0 Å². The maximum atomic E-state index is 15.0. The van der Waals surface area contributed by atoms with Crippen LogP contribution in [0, 0.1) is 19.7 Å². The Morgan fingerprint density at radius 3 is 1.97 bits per heavy atom. The number of carbonyl (C=O) groups excluding carboxylic acids is 1. The molecule has 0 unspecified atom stereocenters. The quantitative estimate of drug-likeness (QED) is 0.312. The topological polar surface area (TPSA) is 68.0 Å². The second-order valence-corrected chi connectivity index (χ2v) is 8.15. The van der Waals surface area contributed by atoms with E-state index >= 15 is 0 Å². The Hall–Kier alpha value is -3.25. The first kappa shape index (κ1) is 28.0. The van der Waals surface area contributed by atoms with E-state index in [0.717, 1.165) is 27.9 Å². The SMILES string of the molecule is Cc1cc(-c2ccc(NC(=O)[C@@H](N)C(c3ccccc3)c3ccccc3)cc2F)c(C)cn1.Cl.Cl. The summed E-state index contributed by atoms with van der Waals surface area (Å²) in [6, 6.07) is 25.1. The van der Waals surface area contributed by atoms with Crippen LogP contribution in [0.1, 0.15) is 28.3 Å². The Morgan fingerprint density at radius 1 is 0.857 bits per heavy atom.